The van der Waals surface area contributed by atoms with Gasteiger partial charge in [0.25, 0.3) is 0 Å². The molecule has 322 valence electrons. The lowest BCUT2D eigenvalue weighted by Crippen LogP contribution is -1.92. The maximum Gasteiger partial charge on any atom is 0.159 e. The Kier molecular flexibility index (Phi) is 8.29. The van der Waals surface area contributed by atoms with Crippen molar-refractivity contribution in [1.29, 1.82) is 0 Å². The second kappa shape index (κ2) is 15.0. The smallest absolute Gasteiger partial charge is 0.159 e. The van der Waals surface area contributed by atoms with Crippen LogP contribution in [0.1, 0.15) is 0 Å². The Morgan fingerprint density at radius 2 is 0.814 bits per heavy atom. The molecule has 0 bridgehead atoms. The molecule has 0 unspecified atom stereocenters. The number of benzene rings is 12. The zero-order valence-corrected chi connectivity index (χ0v) is 37.6. The van der Waals surface area contributed by atoms with E-state index in [-0.39, 0.29) is 0 Å². The highest BCUT2D eigenvalue weighted by molar-refractivity contribution is 6.25. The van der Waals surface area contributed by atoms with Gasteiger partial charge in [0, 0.05) is 45.9 Å². The molecular weight excluding hydrogens is 851 g/mol. The van der Waals surface area contributed by atoms with E-state index in [2.05, 4.69) is 210 Å². The Morgan fingerprint density at radius 1 is 0.271 bits per heavy atom. The van der Waals surface area contributed by atoms with Crippen molar-refractivity contribution in [3.8, 4) is 44.9 Å². The first-order valence-electron chi connectivity index (χ1n) is 23.7. The summed E-state index contributed by atoms with van der Waals surface area (Å²) in [6.07, 6.45) is 5.45. The molecule has 0 amide bonds. The van der Waals surface area contributed by atoms with Crippen LogP contribution >= 0.6 is 0 Å². The van der Waals surface area contributed by atoms with E-state index in [4.69, 9.17) is 15.0 Å². The second-order valence-corrected chi connectivity index (χ2v) is 18.4. The predicted octanol–water partition coefficient (Wildman–Crippen LogP) is 16.9. The molecule has 5 nitrogen and oxygen atoms in total. The van der Waals surface area contributed by atoms with Gasteiger partial charge in [-0.05, 0) is 147 Å². The van der Waals surface area contributed by atoms with Crippen molar-refractivity contribution < 1.29 is 0 Å². The highest BCUT2D eigenvalue weighted by Gasteiger charge is 2.17. The monoisotopic (exact) mass is 887 g/mol. The quantitative estimate of drug-likeness (QED) is 0.165. The van der Waals surface area contributed by atoms with Gasteiger partial charge in [-0.3, -0.25) is 9.97 Å². The molecule has 3 aromatic heterocycles. The number of pyridine rings is 1. The van der Waals surface area contributed by atoms with Gasteiger partial charge in [0.1, 0.15) is 0 Å². The van der Waals surface area contributed by atoms with Gasteiger partial charge in [-0.15, -0.1) is 0 Å². The van der Waals surface area contributed by atoms with Crippen molar-refractivity contribution in [3.63, 3.8) is 0 Å². The number of nitrogens with zero attached hydrogens (tertiary/aromatic N) is 5. The second-order valence-electron chi connectivity index (χ2n) is 18.4. The van der Waals surface area contributed by atoms with Gasteiger partial charge >= 0.3 is 0 Å². The Balaban J connectivity index is 0.784. The van der Waals surface area contributed by atoms with Crippen molar-refractivity contribution in [2.75, 3.05) is 0 Å². The minimum Gasteiger partial charge on any atom is -0.253 e. The lowest BCUT2D eigenvalue weighted by Gasteiger charge is -2.15. The minimum atomic E-state index is 0.706. The Hall–Kier alpha value is -9.45. The van der Waals surface area contributed by atoms with Crippen LogP contribution in [0.25, 0.3) is 153 Å². The van der Waals surface area contributed by atoms with Crippen LogP contribution < -0.4 is 0 Å². The van der Waals surface area contributed by atoms with E-state index in [9.17, 15) is 0 Å². The number of aromatic nitrogens is 5. The Bertz CT molecular complexity index is 4730. The molecule has 0 aliphatic rings. The fourth-order valence-corrected chi connectivity index (χ4v) is 11.1. The highest BCUT2D eigenvalue weighted by Crippen LogP contribution is 2.42. The first kappa shape index (κ1) is 38.6. The molecule has 0 aliphatic heterocycles. The van der Waals surface area contributed by atoms with E-state index in [1.165, 1.54) is 75.6 Å². The van der Waals surface area contributed by atoms with Crippen molar-refractivity contribution in [3.05, 3.63) is 225 Å². The van der Waals surface area contributed by atoms with Crippen LogP contribution in [0.2, 0.25) is 0 Å². The highest BCUT2D eigenvalue weighted by atomic mass is 14.9. The molecule has 0 spiro atoms. The van der Waals surface area contributed by atoms with Crippen molar-refractivity contribution in [2.24, 2.45) is 0 Å². The zero-order chi connectivity index (χ0) is 45.9. The lowest BCUT2D eigenvalue weighted by molar-refractivity contribution is 1.23. The summed E-state index contributed by atoms with van der Waals surface area (Å²) in [5, 5.41) is 19.0. The Morgan fingerprint density at radius 3 is 1.60 bits per heavy atom. The number of hydrogen-bond acceptors (Lipinski definition) is 5. The zero-order valence-electron chi connectivity index (χ0n) is 37.6. The minimum absolute atomic E-state index is 0.706. The summed E-state index contributed by atoms with van der Waals surface area (Å²) in [5.74, 6) is 0.706. The SMILES string of the molecule is c1ccc2c(c1)ccc1ccc(-c3cc4ccc5cc(-c6ncc7cc(-c8cc9ccc%10cc(-c%11ccc%12nccnc%12c%11)ccc%10c9c9ccccc89)ccc7n6)ccc5c4c4ccccc34)nc12. The van der Waals surface area contributed by atoms with Crippen molar-refractivity contribution >= 4 is 108 Å². The van der Waals surface area contributed by atoms with E-state index in [0.29, 0.717) is 5.82 Å². The van der Waals surface area contributed by atoms with Gasteiger partial charge in [-0.25, -0.2) is 15.0 Å². The number of fused-ring (bicyclic) bond motifs is 15. The third-order valence-corrected chi connectivity index (χ3v) is 14.5. The van der Waals surface area contributed by atoms with E-state index < -0.39 is 0 Å². The third-order valence-electron chi connectivity index (χ3n) is 14.5. The summed E-state index contributed by atoms with van der Waals surface area (Å²) >= 11 is 0. The fraction of sp³-hybridized carbons (Fsp3) is 0. The standard InChI is InChI=1S/C65H37N5/c1-2-8-51-38(7-1)13-14-39-21-27-59(69-64(39)51)57-35-46-18-16-43-32-47(20-25-50(43)63(46)55-12-6-4-10-53(55)57)65-68-37-48-33-44(23-26-58(48)70-65)56-34-45-17-15-42-31-40(41-22-28-60-61(36-41)67-30-29-66-60)19-24-49(42)62(45)54-11-5-3-9-52(54)56/h1-37H. The molecule has 0 saturated carbocycles. The van der Waals surface area contributed by atoms with Crippen LogP contribution in [0.15, 0.2) is 225 Å². The van der Waals surface area contributed by atoms with Gasteiger partial charge in [0.05, 0.1) is 27.8 Å². The predicted molar refractivity (Wildman–Crippen MR) is 292 cm³/mol. The van der Waals surface area contributed by atoms with E-state index in [1.54, 1.807) is 12.4 Å². The van der Waals surface area contributed by atoms with E-state index >= 15 is 0 Å². The summed E-state index contributed by atoms with van der Waals surface area (Å²) in [5.41, 5.74) is 11.4. The molecule has 0 fully saturated rings. The van der Waals surface area contributed by atoms with Crippen LogP contribution in [0.3, 0.4) is 0 Å². The normalized spacial score (nSPS) is 12.0. The Labute approximate surface area is 401 Å². The maximum atomic E-state index is 5.31. The van der Waals surface area contributed by atoms with Crippen molar-refractivity contribution in [2.45, 2.75) is 0 Å². The first-order chi connectivity index (χ1) is 34.6. The summed E-state index contributed by atoms with van der Waals surface area (Å²) in [7, 11) is 0. The topological polar surface area (TPSA) is 64.5 Å². The summed E-state index contributed by atoms with van der Waals surface area (Å²) in [6, 6.07) is 74.6. The van der Waals surface area contributed by atoms with Crippen LogP contribution in [0, 0.1) is 0 Å². The van der Waals surface area contributed by atoms with E-state index in [0.717, 1.165) is 71.7 Å². The number of hydrogen-bond donors (Lipinski definition) is 0. The molecule has 5 heteroatoms. The largest absolute Gasteiger partial charge is 0.253 e. The summed E-state index contributed by atoms with van der Waals surface area (Å²) in [6.45, 7) is 0. The fourth-order valence-electron chi connectivity index (χ4n) is 11.1. The van der Waals surface area contributed by atoms with Gasteiger partial charge < -0.3 is 0 Å². The van der Waals surface area contributed by atoms with Crippen LogP contribution in [-0.4, -0.2) is 24.9 Å². The van der Waals surface area contributed by atoms with Crippen molar-refractivity contribution in [1.82, 2.24) is 24.9 Å². The van der Waals surface area contributed by atoms with Gasteiger partial charge in [0.2, 0.25) is 0 Å². The summed E-state index contributed by atoms with van der Waals surface area (Å²) in [4.78, 5) is 24.4. The molecule has 70 heavy (non-hydrogen) atoms. The maximum absolute atomic E-state index is 5.31. The molecular formula is C65H37N5. The molecule has 0 saturated heterocycles. The van der Waals surface area contributed by atoms with Gasteiger partial charge in [-0.1, -0.05) is 152 Å². The van der Waals surface area contributed by atoms with Crippen LogP contribution in [0.4, 0.5) is 0 Å². The lowest BCUT2D eigenvalue weighted by atomic mass is 9.89. The molecule has 0 atom stereocenters. The average Bonchev–Trinajstić information content (AvgIpc) is 3.43. The van der Waals surface area contributed by atoms with Gasteiger partial charge in [-0.2, -0.15) is 0 Å². The van der Waals surface area contributed by atoms with E-state index in [1.807, 2.05) is 12.3 Å². The van der Waals surface area contributed by atoms with Crippen LogP contribution in [0.5, 0.6) is 0 Å². The number of rotatable bonds is 4. The molecule has 0 N–H and O–H groups in total. The molecule has 0 radical (unpaired) electrons. The van der Waals surface area contributed by atoms with Crippen LogP contribution in [-0.2, 0) is 0 Å². The molecule has 3 heterocycles. The van der Waals surface area contributed by atoms with Gasteiger partial charge in [0.15, 0.2) is 5.82 Å². The molecule has 15 aromatic rings. The summed E-state index contributed by atoms with van der Waals surface area (Å²) < 4.78 is 0. The molecule has 0 aliphatic carbocycles. The first-order valence-corrected chi connectivity index (χ1v) is 23.7. The third kappa shape index (κ3) is 6.02. The average molecular weight is 888 g/mol. The molecule has 15 rings (SSSR count). The molecule has 12 aromatic carbocycles.